The van der Waals surface area contributed by atoms with Crippen molar-refractivity contribution in [3.63, 3.8) is 0 Å². The number of carbonyl (C=O) groups is 1. The van der Waals surface area contributed by atoms with Crippen LogP contribution >= 0.6 is 0 Å². The third kappa shape index (κ3) is 4.40. The third-order valence-corrected chi connectivity index (χ3v) is 7.34. The maximum Gasteiger partial charge on any atom is 0.134 e. The van der Waals surface area contributed by atoms with E-state index in [0.29, 0.717) is 29.5 Å². The molecule has 4 rings (SSSR count). The van der Waals surface area contributed by atoms with Gasteiger partial charge in [0.25, 0.3) is 0 Å². The minimum atomic E-state index is 0.418. The molecule has 2 aromatic carbocycles. The Kier molecular flexibility index (Phi) is 5.99. The first-order valence-electron chi connectivity index (χ1n) is 11.2. The average Bonchev–Trinajstić information content (AvgIpc) is 2.59. The highest BCUT2D eigenvalue weighted by molar-refractivity contribution is 5.80. The minimum absolute atomic E-state index is 0.418. The van der Waals surface area contributed by atoms with E-state index in [-0.39, 0.29) is 0 Å². The second-order valence-electron chi connectivity index (χ2n) is 9.36. The number of Topliss-reactive ketones (excluding diaryl/α,β-unsaturated/α-hetero) is 1. The summed E-state index contributed by atoms with van der Waals surface area (Å²) in [6.45, 7) is 4.27. The Bertz CT molecular complexity index is 711. The zero-order valence-electron chi connectivity index (χ0n) is 17.5. The molecule has 1 nitrogen and oxygen atoms in total. The summed E-state index contributed by atoms with van der Waals surface area (Å²) in [6.07, 6.45) is 9.26. The Labute approximate surface area is 170 Å². The Morgan fingerprint density at radius 3 is 1.36 bits per heavy atom. The van der Waals surface area contributed by atoms with Crippen LogP contribution in [0.2, 0.25) is 0 Å². The van der Waals surface area contributed by atoms with Gasteiger partial charge in [-0.05, 0) is 74.3 Å². The van der Waals surface area contributed by atoms with Crippen molar-refractivity contribution in [2.75, 3.05) is 0 Å². The van der Waals surface area contributed by atoms with Gasteiger partial charge >= 0.3 is 0 Å². The lowest BCUT2D eigenvalue weighted by Crippen LogP contribution is -2.26. The molecule has 0 bridgehead atoms. The number of aryl methyl sites for hydroxylation is 2. The van der Waals surface area contributed by atoms with Gasteiger partial charge in [-0.25, -0.2) is 0 Å². The molecule has 148 valence electrons. The van der Waals surface area contributed by atoms with Crippen LogP contribution in [-0.4, -0.2) is 5.78 Å². The molecule has 2 saturated carbocycles. The van der Waals surface area contributed by atoms with Crippen molar-refractivity contribution >= 4 is 5.78 Å². The fraction of sp³-hybridized carbons (Fsp3) is 0.519. The van der Waals surface area contributed by atoms with Crippen molar-refractivity contribution in [3.05, 3.63) is 70.8 Å². The summed E-state index contributed by atoms with van der Waals surface area (Å²) in [4.78, 5) is 13.2. The van der Waals surface area contributed by atoms with Crippen LogP contribution in [0.4, 0.5) is 0 Å². The normalized spacial score (nSPS) is 19.5. The topological polar surface area (TPSA) is 17.1 Å². The summed E-state index contributed by atoms with van der Waals surface area (Å²) < 4.78 is 0. The second-order valence-corrected chi connectivity index (χ2v) is 9.36. The Balaban J connectivity index is 1.48. The number of hydrogen-bond acceptors (Lipinski definition) is 1. The first-order chi connectivity index (χ1) is 13.6. The van der Waals surface area contributed by atoms with E-state index >= 15 is 0 Å². The predicted octanol–water partition coefficient (Wildman–Crippen LogP) is 7.12. The zero-order chi connectivity index (χ0) is 19.5. The van der Waals surface area contributed by atoms with Crippen LogP contribution in [0.25, 0.3) is 0 Å². The molecule has 2 fully saturated rings. The highest BCUT2D eigenvalue weighted by Crippen LogP contribution is 2.44. The van der Waals surface area contributed by atoms with E-state index in [2.05, 4.69) is 62.4 Å². The van der Waals surface area contributed by atoms with E-state index in [1.165, 1.54) is 60.8 Å². The van der Waals surface area contributed by atoms with Crippen LogP contribution in [0, 0.1) is 25.7 Å². The quantitative estimate of drug-likeness (QED) is 0.481. The second kappa shape index (κ2) is 8.64. The monoisotopic (exact) mass is 374 g/mol. The summed E-state index contributed by atoms with van der Waals surface area (Å²) in [7, 11) is 0. The molecule has 0 radical (unpaired) electrons. The fourth-order valence-electron chi connectivity index (χ4n) is 5.00. The summed E-state index contributed by atoms with van der Waals surface area (Å²) >= 11 is 0. The maximum atomic E-state index is 13.2. The van der Waals surface area contributed by atoms with Gasteiger partial charge in [0, 0.05) is 12.8 Å². The Hall–Kier alpha value is -1.89. The van der Waals surface area contributed by atoms with Crippen LogP contribution < -0.4 is 0 Å². The van der Waals surface area contributed by atoms with Crippen molar-refractivity contribution in [1.82, 2.24) is 0 Å². The lowest BCUT2D eigenvalue weighted by atomic mass is 9.68. The fourth-order valence-corrected chi connectivity index (χ4v) is 5.00. The molecule has 0 aromatic heterocycles. The largest absolute Gasteiger partial charge is 0.300 e. The van der Waals surface area contributed by atoms with Gasteiger partial charge in [0.1, 0.15) is 5.78 Å². The molecule has 2 atom stereocenters. The van der Waals surface area contributed by atoms with Gasteiger partial charge in [-0.15, -0.1) is 0 Å². The lowest BCUT2D eigenvalue weighted by Gasteiger charge is -2.36. The molecule has 0 amide bonds. The molecule has 0 N–H and O–H groups in total. The minimum Gasteiger partial charge on any atom is -0.300 e. The van der Waals surface area contributed by atoms with Gasteiger partial charge in [-0.3, -0.25) is 4.79 Å². The van der Waals surface area contributed by atoms with Crippen LogP contribution in [-0.2, 0) is 4.79 Å². The molecule has 0 aliphatic heterocycles. The number of hydrogen-bond donors (Lipinski definition) is 0. The molecule has 28 heavy (non-hydrogen) atoms. The van der Waals surface area contributed by atoms with Crippen LogP contribution in [0.15, 0.2) is 48.5 Å². The van der Waals surface area contributed by atoms with Crippen LogP contribution in [0.3, 0.4) is 0 Å². The van der Waals surface area contributed by atoms with Gasteiger partial charge in [0.05, 0.1) is 0 Å². The van der Waals surface area contributed by atoms with E-state index in [4.69, 9.17) is 0 Å². The molecule has 1 heteroatoms. The average molecular weight is 375 g/mol. The molecule has 0 heterocycles. The van der Waals surface area contributed by atoms with Crippen molar-refractivity contribution in [3.8, 4) is 0 Å². The number of carbonyl (C=O) groups excluding carboxylic acids is 1. The lowest BCUT2D eigenvalue weighted by molar-refractivity contribution is -0.120. The van der Waals surface area contributed by atoms with Gasteiger partial charge < -0.3 is 0 Å². The van der Waals surface area contributed by atoms with E-state index < -0.39 is 0 Å². The molecule has 2 aliphatic carbocycles. The molecule has 0 spiro atoms. The van der Waals surface area contributed by atoms with Crippen molar-refractivity contribution in [2.45, 2.75) is 77.0 Å². The predicted molar refractivity (Wildman–Crippen MR) is 117 cm³/mol. The van der Waals surface area contributed by atoms with Crippen molar-refractivity contribution in [2.24, 2.45) is 11.8 Å². The summed E-state index contributed by atoms with van der Waals surface area (Å²) in [5.74, 6) is 2.71. The maximum absolute atomic E-state index is 13.2. The summed E-state index contributed by atoms with van der Waals surface area (Å²) in [5.41, 5.74) is 5.34. The van der Waals surface area contributed by atoms with E-state index in [0.717, 1.165) is 12.8 Å². The van der Waals surface area contributed by atoms with Crippen LogP contribution in [0.1, 0.15) is 85.5 Å². The molecule has 0 unspecified atom stereocenters. The van der Waals surface area contributed by atoms with Gasteiger partial charge in [0.2, 0.25) is 0 Å². The number of rotatable bonds is 8. The summed E-state index contributed by atoms with van der Waals surface area (Å²) in [5, 5.41) is 0. The number of ketones is 1. The van der Waals surface area contributed by atoms with E-state index in [1.54, 1.807) is 0 Å². The van der Waals surface area contributed by atoms with Gasteiger partial charge in [0.15, 0.2) is 0 Å². The Morgan fingerprint density at radius 2 is 1.07 bits per heavy atom. The summed E-state index contributed by atoms with van der Waals surface area (Å²) in [6, 6.07) is 17.8. The van der Waals surface area contributed by atoms with Crippen molar-refractivity contribution in [1.29, 1.82) is 0 Å². The first-order valence-corrected chi connectivity index (χ1v) is 11.2. The van der Waals surface area contributed by atoms with Crippen molar-refractivity contribution < 1.29 is 4.79 Å². The van der Waals surface area contributed by atoms with Gasteiger partial charge in [-0.1, -0.05) is 72.5 Å². The molecular weight excluding hydrogens is 340 g/mol. The molecule has 2 aliphatic rings. The molecule has 0 saturated heterocycles. The highest BCUT2D eigenvalue weighted by Gasteiger charge is 2.33. The molecule has 2 aromatic rings. The smallest absolute Gasteiger partial charge is 0.134 e. The number of benzene rings is 2. The Morgan fingerprint density at radius 1 is 0.714 bits per heavy atom. The van der Waals surface area contributed by atoms with E-state index in [1.807, 2.05) is 0 Å². The van der Waals surface area contributed by atoms with Crippen LogP contribution in [0.5, 0.6) is 0 Å². The zero-order valence-corrected chi connectivity index (χ0v) is 17.5. The third-order valence-electron chi connectivity index (χ3n) is 7.34. The van der Waals surface area contributed by atoms with E-state index in [9.17, 15) is 4.79 Å². The SMILES string of the molecule is Cc1ccc([C@H](CC(=O)C[C@@H](c2ccc(C)cc2)C2CCC2)C2CCC2)cc1. The highest BCUT2D eigenvalue weighted by atomic mass is 16.1. The molecular formula is C27H34O. The standard InChI is InChI=1S/C27H34O/c1-19-9-13-23(14-10-19)26(21-5-3-6-21)17-25(28)18-27(22-7-4-8-22)24-15-11-20(2)12-16-24/h9-16,21-22,26-27H,3-8,17-18H2,1-2H3/t26-,27-/m1/s1. The first kappa shape index (κ1) is 19.4. The van der Waals surface area contributed by atoms with Gasteiger partial charge in [-0.2, -0.15) is 0 Å².